The maximum atomic E-state index is 12.5. The molecule has 0 unspecified atom stereocenters. The lowest BCUT2D eigenvalue weighted by molar-refractivity contribution is -0.384. The fourth-order valence-electron chi connectivity index (χ4n) is 2.91. The molecular weight excluding hydrogens is 308 g/mol. The molecule has 0 bridgehead atoms. The zero-order valence-corrected chi connectivity index (χ0v) is 14.7. The Hall–Kier alpha value is -1.99. The number of nitro benzene ring substituents is 1. The van der Waals surface area contributed by atoms with Crippen molar-refractivity contribution in [1.82, 2.24) is 14.7 Å². The predicted molar refractivity (Wildman–Crippen MR) is 93.3 cm³/mol. The fourth-order valence-corrected chi connectivity index (χ4v) is 2.91. The van der Waals surface area contributed by atoms with Crippen LogP contribution in [0, 0.1) is 17.0 Å². The summed E-state index contributed by atoms with van der Waals surface area (Å²) >= 11 is 0. The Kier molecular flexibility index (Phi) is 6.28. The van der Waals surface area contributed by atoms with Gasteiger partial charge in [-0.1, -0.05) is 0 Å². The van der Waals surface area contributed by atoms with Crippen molar-refractivity contribution in [2.24, 2.45) is 0 Å². The topological polar surface area (TPSA) is 69.9 Å². The van der Waals surface area contributed by atoms with Gasteiger partial charge < -0.3 is 14.7 Å². The van der Waals surface area contributed by atoms with Crippen LogP contribution in [0.5, 0.6) is 0 Å². The largest absolute Gasteiger partial charge is 0.342 e. The molecule has 0 aromatic heterocycles. The van der Waals surface area contributed by atoms with Gasteiger partial charge in [0.1, 0.15) is 0 Å². The molecule has 1 aliphatic rings. The Morgan fingerprint density at radius 1 is 1.29 bits per heavy atom. The molecule has 7 nitrogen and oxygen atoms in total. The zero-order valence-electron chi connectivity index (χ0n) is 14.7. The minimum absolute atomic E-state index is 0.0155. The Morgan fingerprint density at radius 3 is 2.54 bits per heavy atom. The highest BCUT2D eigenvalue weighted by atomic mass is 16.6. The SMILES string of the molecule is Cc1cc([N+](=O)[O-])ccc1C(=O)N(C)CCCN1CCN(C)CC1. The van der Waals surface area contributed by atoms with Gasteiger partial charge in [0.2, 0.25) is 0 Å². The lowest BCUT2D eigenvalue weighted by Crippen LogP contribution is -2.45. The highest BCUT2D eigenvalue weighted by Crippen LogP contribution is 2.18. The van der Waals surface area contributed by atoms with E-state index in [0.29, 0.717) is 17.7 Å². The Bertz CT molecular complexity index is 597. The van der Waals surface area contributed by atoms with Crippen LogP contribution >= 0.6 is 0 Å². The van der Waals surface area contributed by atoms with Crippen LogP contribution in [-0.2, 0) is 0 Å². The number of benzene rings is 1. The molecule has 24 heavy (non-hydrogen) atoms. The van der Waals surface area contributed by atoms with E-state index in [4.69, 9.17) is 0 Å². The number of nitrogens with zero attached hydrogens (tertiary/aromatic N) is 4. The minimum atomic E-state index is -0.443. The monoisotopic (exact) mass is 334 g/mol. The third kappa shape index (κ3) is 4.75. The number of hydrogen-bond donors (Lipinski definition) is 0. The maximum absolute atomic E-state index is 12.5. The number of piperazine rings is 1. The molecule has 0 aliphatic carbocycles. The summed E-state index contributed by atoms with van der Waals surface area (Å²) < 4.78 is 0. The van der Waals surface area contributed by atoms with E-state index in [9.17, 15) is 14.9 Å². The first-order valence-electron chi connectivity index (χ1n) is 8.30. The van der Waals surface area contributed by atoms with Crippen LogP contribution in [0.1, 0.15) is 22.3 Å². The number of non-ortho nitro benzene ring substituents is 1. The quantitative estimate of drug-likeness (QED) is 0.584. The third-order valence-electron chi connectivity index (χ3n) is 4.56. The average Bonchev–Trinajstić information content (AvgIpc) is 2.55. The van der Waals surface area contributed by atoms with E-state index in [2.05, 4.69) is 16.8 Å². The number of likely N-dealkylation sites (N-methyl/N-ethyl adjacent to an activating group) is 1. The van der Waals surface area contributed by atoms with Crippen molar-refractivity contribution in [3.05, 3.63) is 39.4 Å². The predicted octanol–water partition coefficient (Wildman–Crippen LogP) is 1.61. The fraction of sp³-hybridized carbons (Fsp3) is 0.588. The number of nitro groups is 1. The summed E-state index contributed by atoms with van der Waals surface area (Å²) in [4.78, 5) is 29.3. The molecule has 7 heteroatoms. The molecule has 1 heterocycles. The van der Waals surface area contributed by atoms with Crippen molar-refractivity contribution in [1.29, 1.82) is 0 Å². The highest BCUT2D eigenvalue weighted by molar-refractivity contribution is 5.95. The molecule has 1 aromatic rings. The first-order valence-corrected chi connectivity index (χ1v) is 8.30. The van der Waals surface area contributed by atoms with E-state index in [0.717, 1.165) is 39.1 Å². The van der Waals surface area contributed by atoms with Gasteiger partial charge in [0, 0.05) is 57.5 Å². The second-order valence-corrected chi connectivity index (χ2v) is 6.48. The molecule has 2 rings (SSSR count). The van der Waals surface area contributed by atoms with Crippen LogP contribution in [0.15, 0.2) is 18.2 Å². The van der Waals surface area contributed by atoms with Gasteiger partial charge in [0.25, 0.3) is 11.6 Å². The van der Waals surface area contributed by atoms with Crippen molar-refractivity contribution < 1.29 is 9.72 Å². The zero-order chi connectivity index (χ0) is 17.7. The van der Waals surface area contributed by atoms with E-state index in [1.54, 1.807) is 24.9 Å². The van der Waals surface area contributed by atoms with E-state index < -0.39 is 4.92 Å². The third-order valence-corrected chi connectivity index (χ3v) is 4.56. The molecule has 132 valence electrons. The molecule has 0 atom stereocenters. The number of aryl methyl sites for hydroxylation is 1. The second-order valence-electron chi connectivity index (χ2n) is 6.48. The first kappa shape index (κ1) is 18.4. The summed E-state index contributed by atoms with van der Waals surface area (Å²) in [7, 11) is 3.92. The number of amides is 1. The summed E-state index contributed by atoms with van der Waals surface area (Å²) in [5.74, 6) is -0.0826. The number of carbonyl (C=O) groups is 1. The van der Waals surface area contributed by atoms with Crippen LogP contribution in [-0.4, -0.2) is 78.9 Å². The molecule has 0 saturated carbocycles. The highest BCUT2D eigenvalue weighted by Gasteiger charge is 2.18. The Morgan fingerprint density at radius 2 is 1.96 bits per heavy atom. The van der Waals surface area contributed by atoms with Crippen LogP contribution in [0.3, 0.4) is 0 Å². The van der Waals surface area contributed by atoms with E-state index in [1.807, 2.05) is 0 Å². The summed E-state index contributed by atoms with van der Waals surface area (Å²) in [5.41, 5.74) is 1.18. The molecule has 0 radical (unpaired) electrons. The summed E-state index contributed by atoms with van der Waals surface area (Å²) in [5, 5.41) is 10.8. The van der Waals surface area contributed by atoms with Gasteiger partial charge in [-0.2, -0.15) is 0 Å². The number of hydrogen-bond acceptors (Lipinski definition) is 5. The smallest absolute Gasteiger partial charge is 0.269 e. The number of carbonyl (C=O) groups excluding carboxylic acids is 1. The summed E-state index contributed by atoms with van der Waals surface area (Å²) in [6.07, 6.45) is 0.929. The second kappa shape index (κ2) is 8.21. The van der Waals surface area contributed by atoms with E-state index in [-0.39, 0.29) is 11.6 Å². The lowest BCUT2D eigenvalue weighted by Gasteiger charge is -2.32. The number of rotatable bonds is 6. The first-order chi connectivity index (χ1) is 11.4. The average molecular weight is 334 g/mol. The molecule has 1 fully saturated rings. The van der Waals surface area contributed by atoms with Gasteiger partial charge in [-0.3, -0.25) is 14.9 Å². The summed E-state index contributed by atoms with van der Waals surface area (Å²) in [6, 6.07) is 4.39. The van der Waals surface area contributed by atoms with Crippen molar-refractivity contribution in [2.45, 2.75) is 13.3 Å². The van der Waals surface area contributed by atoms with Crippen molar-refractivity contribution >= 4 is 11.6 Å². The van der Waals surface area contributed by atoms with Crippen molar-refractivity contribution in [2.75, 3.05) is 53.4 Å². The van der Waals surface area contributed by atoms with Gasteiger partial charge >= 0.3 is 0 Å². The summed E-state index contributed by atoms with van der Waals surface area (Å²) in [6.45, 7) is 7.75. The van der Waals surface area contributed by atoms with E-state index in [1.165, 1.54) is 12.1 Å². The molecule has 1 aliphatic heterocycles. The van der Waals surface area contributed by atoms with E-state index >= 15 is 0 Å². The van der Waals surface area contributed by atoms with Crippen LogP contribution < -0.4 is 0 Å². The van der Waals surface area contributed by atoms with Gasteiger partial charge in [0.15, 0.2) is 0 Å². The van der Waals surface area contributed by atoms with Gasteiger partial charge in [0.05, 0.1) is 4.92 Å². The van der Waals surface area contributed by atoms with Crippen LogP contribution in [0.25, 0.3) is 0 Å². The molecule has 0 spiro atoms. The molecule has 1 saturated heterocycles. The standard InChI is InChI=1S/C17H26N4O3/c1-14-13-15(21(23)24)5-6-16(14)17(22)19(3)7-4-8-20-11-9-18(2)10-12-20/h5-6,13H,4,7-12H2,1-3H3. The van der Waals surface area contributed by atoms with Crippen molar-refractivity contribution in [3.8, 4) is 0 Å². The Balaban J connectivity index is 1.84. The lowest BCUT2D eigenvalue weighted by atomic mass is 10.1. The van der Waals surface area contributed by atoms with Crippen molar-refractivity contribution in [3.63, 3.8) is 0 Å². The molecule has 1 amide bonds. The maximum Gasteiger partial charge on any atom is 0.269 e. The minimum Gasteiger partial charge on any atom is -0.342 e. The Labute approximate surface area is 143 Å². The molecule has 1 aromatic carbocycles. The molecule has 0 N–H and O–H groups in total. The van der Waals surface area contributed by atoms with Crippen LogP contribution in [0.4, 0.5) is 5.69 Å². The molecular formula is C17H26N4O3. The van der Waals surface area contributed by atoms with Gasteiger partial charge in [-0.25, -0.2) is 0 Å². The van der Waals surface area contributed by atoms with Crippen LogP contribution in [0.2, 0.25) is 0 Å². The van der Waals surface area contributed by atoms with Gasteiger partial charge in [-0.15, -0.1) is 0 Å². The normalized spacial score (nSPS) is 16.1. The van der Waals surface area contributed by atoms with Gasteiger partial charge in [-0.05, 0) is 38.6 Å².